The molecule has 0 atom stereocenters. The molecule has 2 aromatic carbocycles. The van der Waals surface area contributed by atoms with Crippen molar-refractivity contribution in [3.63, 3.8) is 0 Å². The number of halogens is 1. The Bertz CT molecular complexity index is 963. The first-order chi connectivity index (χ1) is 12.0. The Morgan fingerprint density at radius 2 is 1.96 bits per heavy atom. The molecule has 0 unspecified atom stereocenters. The molecule has 0 fully saturated rings. The van der Waals surface area contributed by atoms with E-state index in [1.165, 1.54) is 12.1 Å². The van der Waals surface area contributed by atoms with Crippen LogP contribution in [0.4, 0.5) is 10.1 Å². The normalized spacial score (nSPS) is 14.5. The number of likely N-dealkylation sites (N-methyl/N-ethyl adjacent to an activating group) is 1. The van der Waals surface area contributed by atoms with E-state index in [4.69, 9.17) is 4.42 Å². The molecular formula is C20H19FN2O2. The highest BCUT2D eigenvalue weighted by atomic mass is 19.1. The van der Waals surface area contributed by atoms with Crippen LogP contribution in [0.5, 0.6) is 0 Å². The molecule has 4 rings (SSSR count). The predicted octanol–water partition coefficient (Wildman–Crippen LogP) is 3.97. The van der Waals surface area contributed by atoms with Gasteiger partial charge in [0.25, 0.3) is 5.91 Å². The summed E-state index contributed by atoms with van der Waals surface area (Å²) < 4.78 is 19.3. The number of aryl methyl sites for hydroxylation is 1. The third kappa shape index (κ3) is 2.65. The van der Waals surface area contributed by atoms with Crippen molar-refractivity contribution >= 4 is 22.6 Å². The van der Waals surface area contributed by atoms with E-state index in [1.54, 1.807) is 17.9 Å². The average Bonchev–Trinajstić information content (AvgIpc) is 2.83. The average molecular weight is 338 g/mol. The second kappa shape index (κ2) is 5.92. The number of carbonyl (C=O) groups excluding carboxylic acids is 1. The molecule has 1 aromatic heterocycles. The van der Waals surface area contributed by atoms with Crippen molar-refractivity contribution in [3.05, 3.63) is 65.2 Å². The van der Waals surface area contributed by atoms with Crippen molar-refractivity contribution in [1.29, 1.82) is 0 Å². The van der Waals surface area contributed by atoms with Crippen LogP contribution < -0.4 is 4.90 Å². The van der Waals surface area contributed by atoms with Crippen molar-refractivity contribution in [2.45, 2.75) is 13.5 Å². The molecule has 0 spiro atoms. The van der Waals surface area contributed by atoms with Gasteiger partial charge in [0.1, 0.15) is 11.4 Å². The molecule has 0 bridgehead atoms. The van der Waals surface area contributed by atoms with Gasteiger partial charge in [-0.25, -0.2) is 4.39 Å². The summed E-state index contributed by atoms with van der Waals surface area (Å²) in [6.07, 6.45) is 0. The number of benzene rings is 2. The van der Waals surface area contributed by atoms with Crippen LogP contribution in [0.3, 0.4) is 0 Å². The molecule has 0 N–H and O–H groups in total. The molecular weight excluding hydrogens is 319 g/mol. The van der Waals surface area contributed by atoms with E-state index < -0.39 is 0 Å². The Morgan fingerprint density at radius 1 is 1.16 bits per heavy atom. The van der Waals surface area contributed by atoms with Crippen LogP contribution in [0, 0.1) is 12.7 Å². The monoisotopic (exact) mass is 338 g/mol. The lowest BCUT2D eigenvalue weighted by Crippen LogP contribution is -2.34. The minimum absolute atomic E-state index is 0.154. The van der Waals surface area contributed by atoms with Crippen LogP contribution in [0.15, 0.2) is 46.9 Å². The Hall–Kier alpha value is -2.82. The minimum Gasteiger partial charge on any atom is -0.451 e. The van der Waals surface area contributed by atoms with Crippen LogP contribution in [0.2, 0.25) is 0 Å². The van der Waals surface area contributed by atoms with Gasteiger partial charge in [-0.2, -0.15) is 0 Å². The van der Waals surface area contributed by atoms with Crippen LogP contribution >= 0.6 is 0 Å². The van der Waals surface area contributed by atoms with Gasteiger partial charge in [0.2, 0.25) is 0 Å². The first kappa shape index (κ1) is 15.7. The molecule has 4 nitrogen and oxygen atoms in total. The maximum Gasteiger partial charge on any atom is 0.290 e. The fourth-order valence-electron chi connectivity index (χ4n) is 3.41. The number of anilines is 1. The van der Waals surface area contributed by atoms with E-state index in [2.05, 4.69) is 11.0 Å². The summed E-state index contributed by atoms with van der Waals surface area (Å²) in [6, 6.07) is 12.4. The summed E-state index contributed by atoms with van der Waals surface area (Å²) >= 11 is 0. The molecule has 3 aromatic rings. The highest BCUT2D eigenvalue weighted by Gasteiger charge is 2.26. The Kier molecular flexibility index (Phi) is 3.71. The van der Waals surface area contributed by atoms with Crippen LogP contribution in [0.25, 0.3) is 11.0 Å². The van der Waals surface area contributed by atoms with Gasteiger partial charge in [-0.3, -0.25) is 4.79 Å². The highest BCUT2D eigenvalue weighted by Crippen LogP contribution is 2.29. The van der Waals surface area contributed by atoms with E-state index in [1.807, 2.05) is 25.2 Å². The van der Waals surface area contributed by atoms with Crippen LogP contribution in [-0.2, 0) is 6.54 Å². The number of nitrogens with zero attached hydrogens (tertiary/aromatic N) is 2. The molecule has 1 aliphatic rings. The number of carbonyl (C=O) groups is 1. The van der Waals surface area contributed by atoms with E-state index in [-0.39, 0.29) is 11.7 Å². The van der Waals surface area contributed by atoms with Gasteiger partial charge in [-0.15, -0.1) is 0 Å². The number of fused-ring (bicyclic) bond motifs is 2. The van der Waals surface area contributed by atoms with Gasteiger partial charge in [0.15, 0.2) is 5.76 Å². The largest absolute Gasteiger partial charge is 0.451 e. The van der Waals surface area contributed by atoms with E-state index >= 15 is 0 Å². The summed E-state index contributed by atoms with van der Waals surface area (Å²) in [5, 5.41) is 0.649. The van der Waals surface area contributed by atoms with Gasteiger partial charge in [0, 0.05) is 43.3 Å². The zero-order valence-corrected chi connectivity index (χ0v) is 14.3. The maximum atomic E-state index is 13.5. The topological polar surface area (TPSA) is 36.7 Å². The number of rotatable bonds is 1. The van der Waals surface area contributed by atoms with Crippen molar-refractivity contribution in [2.24, 2.45) is 0 Å². The number of hydrogen-bond donors (Lipinski definition) is 0. The number of furan rings is 1. The third-order valence-electron chi connectivity index (χ3n) is 4.85. The summed E-state index contributed by atoms with van der Waals surface area (Å²) in [4.78, 5) is 17.0. The summed E-state index contributed by atoms with van der Waals surface area (Å²) in [7, 11) is 2.03. The Morgan fingerprint density at radius 3 is 2.80 bits per heavy atom. The van der Waals surface area contributed by atoms with Crippen molar-refractivity contribution in [2.75, 3.05) is 25.0 Å². The van der Waals surface area contributed by atoms with Gasteiger partial charge < -0.3 is 14.2 Å². The van der Waals surface area contributed by atoms with Crippen LogP contribution in [-0.4, -0.2) is 30.9 Å². The Labute approximate surface area is 145 Å². The molecule has 2 heterocycles. The number of para-hydroxylation sites is 1. The smallest absolute Gasteiger partial charge is 0.290 e. The summed E-state index contributed by atoms with van der Waals surface area (Å²) in [5.74, 6) is -0.192. The molecule has 0 saturated carbocycles. The first-order valence-corrected chi connectivity index (χ1v) is 8.31. The van der Waals surface area contributed by atoms with Crippen LogP contribution in [0.1, 0.15) is 21.7 Å². The van der Waals surface area contributed by atoms with Gasteiger partial charge >= 0.3 is 0 Å². The van der Waals surface area contributed by atoms with E-state index in [0.717, 1.165) is 17.8 Å². The molecule has 25 heavy (non-hydrogen) atoms. The second-order valence-electron chi connectivity index (χ2n) is 6.47. The lowest BCUT2D eigenvalue weighted by atomic mass is 10.1. The first-order valence-electron chi connectivity index (χ1n) is 8.31. The third-order valence-corrected chi connectivity index (χ3v) is 4.85. The van der Waals surface area contributed by atoms with E-state index in [9.17, 15) is 9.18 Å². The molecule has 1 amide bonds. The quantitative estimate of drug-likeness (QED) is 0.674. The minimum atomic E-state index is -0.333. The van der Waals surface area contributed by atoms with Crippen molar-refractivity contribution in [1.82, 2.24) is 4.90 Å². The molecule has 5 heteroatoms. The van der Waals surface area contributed by atoms with E-state index in [0.29, 0.717) is 35.4 Å². The lowest BCUT2D eigenvalue weighted by Gasteiger charge is -2.20. The summed E-state index contributed by atoms with van der Waals surface area (Å²) in [6.45, 7) is 3.69. The van der Waals surface area contributed by atoms with Gasteiger partial charge in [0.05, 0.1) is 0 Å². The Balaban J connectivity index is 1.71. The fourth-order valence-corrected chi connectivity index (χ4v) is 3.41. The van der Waals surface area contributed by atoms with Crippen molar-refractivity contribution in [3.8, 4) is 0 Å². The number of hydrogen-bond acceptors (Lipinski definition) is 3. The molecule has 0 aliphatic carbocycles. The maximum absolute atomic E-state index is 13.5. The van der Waals surface area contributed by atoms with Gasteiger partial charge in [-0.05, 0) is 36.8 Å². The highest BCUT2D eigenvalue weighted by molar-refractivity contribution is 5.99. The van der Waals surface area contributed by atoms with Crippen molar-refractivity contribution < 1.29 is 13.6 Å². The zero-order valence-electron chi connectivity index (χ0n) is 14.3. The molecule has 0 radical (unpaired) electrons. The predicted molar refractivity (Wildman–Crippen MR) is 95.4 cm³/mol. The summed E-state index contributed by atoms with van der Waals surface area (Å²) in [5.41, 5.74) is 3.47. The van der Waals surface area contributed by atoms with Gasteiger partial charge in [-0.1, -0.05) is 18.2 Å². The molecule has 1 aliphatic heterocycles. The SMILES string of the molecule is Cc1c(C(=O)N2CCN(C)c3ccccc3C2)oc2ccc(F)cc12. The molecule has 128 valence electrons. The number of amides is 1. The molecule has 0 saturated heterocycles. The standard InChI is InChI=1S/C20H19FN2O2/c1-13-16-11-15(21)7-8-18(16)25-19(13)20(24)23-10-9-22(2)17-6-4-3-5-14(17)12-23/h3-8,11H,9-10,12H2,1-2H3. The zero-order chi connectivity index (χ0) is 17.6. The fraction of sp³-hybridized carbons (Fsp3) is 0.250. The second-order valence-corrected chi connectivity index (χ2v) is 6.47. The lowest BCUT2D eigenvalue weighted by molar-refractivity contribution is 0.0721.